The largest absolute Gasteiger partial charge is 1.00 e. The van der Waals surface area contributed by atoms with Crippen molar-refractivity contribution in [3.05, 3.63) is 11.5 Å². The van der Waals surface area contributed by atoms with E-state index in [1.807, 2.05) is 11.8 Å². The van der Waals surface area contributed by atoms with E-state index < -0.39 is 6.98 Å². The molecule has 0 saturated carbocycles. The Morgan fingerprint density at radius 2 is 2.08 bits per heavy atom. The van der Waals surface area contributed by atoms with Crippen molar-refractivity contribution in [3.8, 4) is 0 Å². The third kappa shape index (κ3) is 4.49. The van der Waals surface area contributed by atoms with Crippen LogP contribution in [-0.4, -0.2) is 31.5 Å². The second kappa shape index (κ2) is 5.92. The SMILES string of the molecule is CCN1CC=C([B-](F)(F)F)CC1.[K+]. The predicted octanol–water partition coefficient (Wildman–Crippen LogP) is -0.971. The van der Waals surface area contributed by atoms with Crippen LogP contribution in [0.25, 0.3) is 0 Å². The zero-order valence-electron chi connectivity index (χ0n) is 8.06. The molecule has 1 nitrogen and oxygen atoms in total. The smallest absolute Gasteiger partial charge is 0.445 e. The van der Waals surface area contributed by atoms with E-state index >= 15 is 0 Å². The Bertz CT molecular complexity index is 193. The van der Waals surface area contributed by atoms with Gasteiger partial charge in [-0.1, -0.05) is 6.92 Å². The first-order valence-electron chi connectivity index (χ1n) is 4.15. The Morgan fingerprint density at radius 3 is 2.38 bits per heavy atom. The van der Waals surface area contributed by atoms with Crippen LogP contribution in [0.2, 0.25) is 0 Å². The van der Waals surface area contributed by atoms with Crippen LogP contribution in [0.1, 0.15) is 13.3 Å². The Hall–Kier alpha value is 1.19. The summed E-state index contributed by atoms with van der Waals surface area (Å²) in [6, 6.07) is 0. The molecule has 0 radical (unpaired) electrons. The summed E-state index contributed by atoms with van der Waals surface area (Å²) >= 11 is 0. The van der Waals surface area contributed by atoms with Crippen LogP contribution in [0, 0.1) is 0 Å². The molecule has 0 aliphatic carbocycles. The fraction of sp³-hybridized carbons (Fsp3) is 0.714. The van der Waals surface area contributed by atoms with E-state index in [0.717, 1.165) is 6.54 Å². The molecule has 1 heterocycles. The van der Waals surface area contributed by atoms with Gasteiger partial charge >= 0.3 is 58.4 Å². The predicted molar refractivity (Wildman–Crippen MR) is 43.9 cm³/mol. The van der Waals surface area contributed by atoms with Crippen LogP contribution in [0.4, 0.5) is 12.9 Å². The first-order valence-corrected chi connectivity index (χ1v) is 4.15. The third-order valence-electron chi connectivity index (χ3n) is 2.20. The summed E-state index contributed by atoms with van der Waals surface area (Å²) in [5.74, 6) is 0. The first kappa shape index (κ1) is 14.2. The number of likely N-dealkylation sites (N-methyl/N-ethyl adjacent to an activating group) is 1. The molecule has 0 spiro atoms. The van der Waals surface area contributed by atoms with E-state index in [1.54, 1.807) is 0 Å². The van der Waals surface area contributed by atoms with E-state index in [4.69, 9.17) is 0 Å². The molecular weight excluding hydrogens is 205 g/mol. The van der Waals surface area contributed by atoms with Crippen LogP contribution >= 0.6 is 0 Å². The molecule has 0 aromatic heterocycles. The maximum atomic E-state index is 12.1. The molecule has 0 aromatic carbocycles. The van der Waals surface area contributed by atoms with Gasteiger partial charge in [0.15, 0.2) is 0 Å². The number of halogens is 3. The minimum absolute atomic E-state index is 0. The zero-order chi connectivity index (χ0) is 9.19. The summed E-state index contributed by atoms with van der Waals surface area (Å²) in [4.78, 5) is 1.99. The van der Waals surface area contributed by atoms with E-state index in [0.29, 0.717) is 13.1 Å². The quantitative estimate of drug-likeness (QED) is 0.538. The van der Waals surface area contributed by atoms with Crippen LogP contribution in [0.5, 0.6) is 0 Å². The Morgan fingerprint density at radius 1 is 1.46 bits per heavy atom. The summed E-state index contributed by atoms with van der Waals surface area (Å²) in [7, 11) is 0. The monoisotopic (exact) mass is 217 g/mol. The fourth-order valence-corrected chi connectivity index (χ4v) is 1.31. The molecule has 0 amide bonds. The van der Waals surface area contributed by atoms with Crippen molar-refractivity contribution in [1.29, 1.82) is 0 Å². The van der Waals surface area contributed by atoms with Gasteiger partial charge in [-0.05, 0) is 19.5 Å². The van der Waals surface area contributed by atoms with Crippen molar-refractivity contribution in [1.82, 2.24) is 4.90 Å². The molecule has 70 valence electrons. The second-order valence-electron chi connectivity index (χ2n) is 3.00. The van der Waals surface area contributed by atoms with Crippen molar-refractivity contribution in [2.75, 3.05) is 19.6 Å². The molecule has 0 bridgehead atoms. The van der Waals surface area contributed by atoms with E-state index in [2.05, 4.69) is 0 Å². The molecule has 0 aromatic rings. The van der Waals surface area contributed by atoms with Gasteiger partial charge < -0.3 is 12.9 Å². The fourth-order valence-electron chi connectivity index (χ4n) is 1.31. The van der Waals surface area contributed by atoms with Gasteiger partial charge in [0.25, 0.3) is 0 Å². The molecule has 1 aliphatic heterocycles. The molecule has 0 atom stereocenters. The number of rotatable bonds is 2. The van der Waals surface area contributed by atoms with Crippen molar-refractivity contribution in [3.63, 3.8) is 0 Å². The number of nitrogens with zero attached hydrogens (tertiary/aromatic N) is 1. The van der Waals surface area contributed by atoms with E-state index in [9.17, 15) is 12.9 Å². The van der Waals surface area contributed by atoms with Crippen molar-refractivity contribution in [2.24, 2.45) is 0 Å². The third-order valence-corrected chi connectivity index (χ3v) is 2.20. The molecule has 6 heteroatoms. The van der Waals surface area contributed by atoms with Crippen LogP contribution < -0.4 is 51.4 Å². The van der Waals surface area contributed by atoms with Gasteiger partial charge in [0.1, 0.15) is 0 Å². The summed E-state index contributed by atoms with van der Waals surface area (Å²) in [5.41, 5.74) is -0.306. The van der Waals surface area contributed by atoms with Gasteiger partial charge in [-0.3, -0.25) is 4.90 Å². The minimum atomic E-state index is -4.72. The van der Waals surface area contributed by atoms with Crippen LogP contribution in [-0.2, 0) is 0 Å². The molecule has 0 N–H and O–H groups in total. The first-order chi connectivity index (χ1) is 5.54. The molecule has 13 heavy (non-hydrogen) atoms. The van der Waals surface area contributed by atoms with Gasteiger partial charge in [-0.2, -0.15) is 0 Å². The minimum Gasteiger partial charge on any atom is -0.445 e. The maximum absolute atomic E-state index is 12.1. The molecular formula is C7H12BF3KN. The van der Waals surface area contributed by atoms with E-state index in [1.165, 1.54) is 6.08 Å². The van der Waals surface area contributed by atoms with Crippen molar-refractivity contribution >= 4 is 6.98 Å². The molecule has 1 aliphatic rings. The molecule has 0 saturated heterocycles. The van der Waals surface area contributed by atoms with Crippen molar-refractivity contribution < 1.29 is 64.3 Å². The summed E-state index contributed by atoms with van der Waals surface area (Å²) in [6.07, 6.45) is 1.48. The van der Waals surface area contributed by atoms with E-state index in [-0.39, 0.29) is 63.3 Å². The van der Waals surface area contributed by atoms with Gasteiger partial charge in [0.2, 0.25) is 0 Å². The average Bonchev–Trinajstić information content (AvgIpc) is 2.03. The average molecular weight is 217 g/mol. The van der Waals surface area contributed by atoms with Gasteiger partial charge in [0, 0.05) is 6.54 Å². The molecule has 1 rings (SSSR count). The van der Waals surface area contributed by atoms with Crippen LogP contribution in [0.15, 0.2) is 11.5 Å². The van der Waals surface area contributed by atoms with Gasteiger partial charge in [-0.25, -0.2) is 0 Å². The number of hydrogen-bond donors (Lipinski definition) is 0. The zero-order valence-corrected chi connectivity index (χ0v) is 11.2. The topological polar surface area (TPSA) is 3.24 Å². The molecule has 0 unspecified atom stereocenters. The standard InChI is InChI=1S/C7H12BF3N.K/c1-2-12-5-3-7(4-6-12)8(9,10)11;/h3H,2,4-6H2,1H3;/q-1;+1. The van der Waals surface area contributed by atoms with Gasteiger partial charge in [0.05, 0.1) is 0 Å². The molecule has 0 fully saturated rings. The second-order valence-corrected chi connectivity index (χ2v) is 3.00. The Labute approximate surface area is 119 Å². The summed E-state index contributed by atoms with van der Waals surface area (Å²) in [6.45, 7) is -0.939. The van der Waals surface area contributed by atoms with Gasteiger partial charge in [-0.15, -0.1) is 11.5 Å². The van der Waals surface area contributed by atoms with Crippen molar-refractivity contribution in [2.45, 2.75) is 13.3 Å². The summed E-state index contributed by atoms with van der Waals surface area (Å²) < 4.78 is 36.4. The summed E-state index contributed by atoms with van der Waals surface area (Å²) in [5, 5.41) is 0. The maximum Gasteiger partial charge on any atom is 1.00 e. The van der Waals surface area contributed by atoms with Crippen LogP contribution in [0.3, 0.4) is 0 Å². The normalized spacial score (nSPS) is 19.2. The Kier molecular flexibility index (Phi) is 6.47. The number of hydrogen-bond acceptors (Lipinski definition) is 1. The Balaban J connectivity index is 0.00000144.